The molecule has 0 saturated carbocycles. The number of aliphatic hydroxyl groups excluding tert-OH is 1. The molecular weight excluding hydrogens is 612 g/mol. The van der Waals surface area contributed by atoms with Crippen LogP contribution in [0.4, 0.5) is 5.69 Å². The van der Waals surface area contributed by atoms with Gasteiger partial charge in [-0.25, -0.2) is 4.68 Å². The molecule has 250 valence electrons. The summed E-state index contributed by atoms with van der Waals surface area (Å²) in [5.74, 6) is -1.76. The molecule has 0 fully saturated rings. The average Bonchev–Trinajstić information content (AvgIpc) is 3.56. The summed E-state index contributed by atoms with van der Waals surface area (Å²) in [4.78, 5) is 55.5. The van der Waals surface area contributed by atoms with Crippen molar-refractivity contribution < 1.29 is 29.3 Å². The zero-order valence-electron chi connectivity index (χ0n) is 27.1. The van der Waals surface area contributed by atoms with E-state index in [0.29, 0.717) is 53.6 Å². The van der Waals surface area contributed by atoms with Gasteiger partial charge in [-0.15, -0.1) is 0 Å². The van der Waals surface area contributed by atoms with E-state index in [1.807, 2.05) is 30.3 Å². The highest BCUT2D eigenvalue weighted by Gasteiger charge is 2.52. The summed E-state index contributed by atoms with van der Waals surface area (Å²) in [5.41, 5.74) is 1.90. The van der Waals surface area contributed by atoms with Crippen LogP contribution in [0.1, 0.15) is 49.3 Å². The van der Waals surface area contributed by atoms with Crippen molar-refractivity contribution in [1.82, 2.24) is 14.7 Å². The molecule has 2 aliphatic heterocycles. The summed E-state index contributed by atoms with van der Waals surface area (Å²) in [5, 5.41) is 25.9. The molecule has 6 rings (SSSR count). The zero-order valence-corrected chi connectivity index (χ0v) is 27.1. The number of methoxy groups -OCH3 is 1. The standard InChI is InChI=1S/C37H40N4O7/c1-24(10-9-15-33(43)40-22-26-12-4-3-11-25(26)20-28(40)23-42)37(47)30-21-27(41-35(45)29-13-5-6-14-31(29)38-41)17-18-32(30)39(36(37)46)19-8-7-16-34(44)48-2/h3-6,9-14,17-18,21,24,28,38,42,47H,7-8,15-16,19-20,22-23H2,1-2H3/b10-9+/t24-,28+,37+/m1/s1. The van der Waals surface area contributed by atoms with Gasteiger partial charge in [0.1, 0.15) is 0 Å². The van der Waals surface area contributed by atoms with Gasteiger partial charge in [0.2, 0.25) is 5.91 Å². The van der Waals surface area contributed by atoms with Gasteiger partial charge < -0.3 is 24.7 Å². The number of carbonyl (C=O) groups is 3. The van der Waals surface area contributed by atoms with E-state index in [1.54, 1.807) is 60.4 Å². The van der Waals surface area contributed by atoms with E-state index >= 15 is 0 Å². The summed E-state index contributed by atoms with van der Waals surface area (Å²) in [6.45, 7) is 2.24. The number of hydrogen-bond acceptors (Lipinski definition) is 7. The monoisotopic (exact) mass is 652 g/mol. The number of hydrogen-bond donors (Lipinski definition) is 3. The van der Waals surface area contributed by atoms with Crippen molar-refractivity contribution in [2.45, 2.75) is 57.2 Å². The maximum atomic E-state index is 14.1. The number of nitrogens with zero attached hydrogens (tertiary/aromatic N) is 3. The molecule has 11 heteroatoms. The Morgan fingerprint density at radius 1 is 1.06 bits per heavy atom. The second kappa shape index (κ2) is 13.6. The number of aromatic nitrogens is 2. The van der Waals surface area contributed by atoms with Crippen LogP contribution in [-0.4, -0.2) is 69.0 Å². The zero-order chi connectivity index (χ0) is 34.0. The van der Waals surface area contributed by atoms with Crippen molar-refractivity contribution >= 4 is 34.4 Å². The number of anilines is 1. The lowest BCUT2D eigenvalue weighted by Gasteiger charge is -2.36. The predicted octanol–water partition coefficient (Wildman–Crippen LogP) is 3.72. The first-order valence-corrected chi connectivity index (χ1v) is 16.3. The topological polar surface area (TPSA) is 145 Å². The van der Waals surface area contributed by atoms with Gasteiger partial charge in [-0.3, -0.25) is 24.3 Å². The molecule has 2 amide bonds. The molecule has 48 heavy (non-hydrogen) atoms. The minimum Gasteiger partial charge on any atom is -0.469 e. The van der Waals surface area contributed by atoms with Crippen LogP contribution in [0.5, 0.6) is 0 Å². The number of nitrogens with one attached hydrogen (secondary N) is 1. The van der Waals surface area contributed by atoms with Crippen LogP contribution in [0.25, 0.3) is 16.6 Å². The van der Waals surface area contributed by atoms with Gasteiger partial charge in [-0.1, -0.05) is 55.5 Å². The van der Waals surface area contributed by atoms with Gasteiger partial charge in [-0.2, -0.15) is 0 Å². The van der Waals surface area contributed by atoms with Crippen LogP contribution < -0.4 is 10.5 Å². The molecule has 0 spiro atoms. The molecule has 11 nitrogen and oxygen atoms in total. The van der Waals surface area contributed by atoms with Crippen LogP contribution in [0.15, 0.2) is 83.7 Å². The van der Waals surface area contributed by atoms with E-state index in [9.17, 15) is 29.4 Å². The number of H-pyrrole nitrogens is 1. The van der Waals surface area contributed by atoms with Crippen LogP contribution >= 0.6 is 0 Å². The second-order valence-electron chi connectivity index (χ2n) is 12.5. The highest BCUT2D eigenvalue weighted by Crippen LogP contribution is 2.46. The molecule has 2 aliphatic rings. The van der Waals surface area contributed by atoms with Crippen LogP contribution in [0, 0.1) is 5.92 Å². The Hall–Kier alpha value is -5.00. The maximum absolute atomic E-state index is 14.1. The number of amides is 2. The highest BCUT2D eigenvalue weighted by atomic mass is 16.5. The van der Waals surface area contributed by atoms with Crippen LogP contribution in [-0.2, 0) is 37.7 Å². The number of ether oxygens (including phenoxy) is 1. The molecular formula is C37H40N4O7. The SMILES string of the molecule is COC(=O)CCCCN1C(=O)[C@](O)([C@H](C)/C=C/CC(=O)N2Cc3ccccc3C[C@H]2CO)c2cc(-n3[nH]c4ccccc4c3=O)ccc21. The van der Waals surface area contributed by atoms with Crippen molar-refractivity contribution in [3.8, 4) is 5.69 Å². The minimum absolute atomic E-state index is 0.0296. The number of unbranched alkanes of at least 4 members (excludes halogenated alkanes) is 1. The molecule has 0 bridgehead atoms. The molecule has 1 aromatic heterocycles. The highest BCUT2D eigenvalue weighted by molar-refractivity contribution is 6.07. The first-order valence-electron chi connectivity index (χ1n) is 16.3. The van der Waals surface area contributed by atoms with Gasteiger partial charge in [0.05, 0.1) is 42.0 Å². The van der Waals surface area contributed by atoms with Crippen LogP contribution in [0.2, 0.25) is 0 Å². The van der Waals surface area contributed by atoms with Crippen molar-refractivity contribution in [1.29, 1.82) is 0 Å². The third kappa shape index (κ3) is 5.95. The number of esters is 1. The van der Waals surface area contributed by atoms with Crippen molar-refractivity contribution in [3.05, 3.63) is 106 Å². The average molecular weight is 653 g/mol. The Labute approximate surface area is 278 Å². The first-order chi connectivity index (χ1) is 23.2. The van der Waals surface area contributed by atoms with Crippen LogP contribution in [0.3, 0.4) is 0 Å². The number of para-hydroxylation sites is 1. The Morgan fingerprint density at radius 3 is 2.56 bits per heavy atom. The van der Waals surface area contributed by atoms with E-state index in [-0.39, 0.29) is 49.5 Å². The third-order valence-corrected chi connectivity index (χ3v) is 9.61. The second-order valence-corrected chi connectivity index (χ2v) is 12.5. The fourth-order valence-corrected chi connectivity index (χ4v) is 6.85. The van der Waals surface area contributed by atoms with E-state index in [0.717, 1.165) is 11.1 Å². The van der Waals surface area contributed by atoms with Gasteiger partial charge in [0, 0.05) is 37.4 Å². The van der Waals surface area contributed by atoms with Gasteiger partial charge in [0.15, 0.2) is 5.60 Å². The number of benzene rings is 3. The van der Waals surface area contributed by atoms with Crippen molar-refractivity contribution in [2.75, 3.05) is 25.2 Å². The summed E-state index contributed by atoms with van der Waals surface area (Å²) in [7, 11) is 1.33. The molecule has 3 aromatic carbocycles. The summed E-state index contributed by atoms with van der Waals surface area (Å²) in [6.07, 6.45) is 5.16. The lowest BCUT2D eigenvalue weighted by atomic mass is 9.82. The Kier molecular flexibility index (Phi) is 9.34. The molecule has 0 saturated heterocycles. The number of rotatable bonds is 11. The number of aromatic amines is 1. The minimum atomic E-state index is -1.99. The van der Waals surface area contributed by atoms with Gasteiger partial charge in [-0.05, 0) is 60.7 Å². The fraction of sp³-hybridized carbons (Fsp3) is 0.351. The smallest absolute Gasteiger partial charge is 0.305 e. The van der Waals surface area contributed by atoms with E-state index in [2.05, 4.69) is 5.10 Å². The predicted molar refractivity (Wildman–Crippen MR) is 181 cm³/mol. The Bertz CT molecular complexity index is 1950. The largest absolute Gasteiger partial charge is 0.469 e. The number of carbonyl (C=O) groups excluding carboxylic acids is 3. The number of fused-ring (bicyclic) bond motifs is 3. The van der Waals surface area contributed by atoms with Gasteiger partial charge in [0.25, 0.3) is 11.5 Å². The van der Waals surface area contributed by atoms with E-state index in [4.69, 9.17) is 4.74 Å². The van der Waals surface area contributed by atoms with Gasteiger partial charge >= 0.3 is 5.97 Å². The third-order valence-electron chi connectivity index (χ3n) is 9.61. The molecule has 3 N–H and O–H groups in total. The first kappa shape index (κ1) is 32.9. The Morgan fingerprint density at radius 2 is 1.81 bits per heavy atom. The molecule has 4 aromatic rings. The fourth-order valence-electron chi connectivity index (χ4n) is 6.85. The lowest BCUT2D eigenvalue weighted by molar-refractivity contribution is -0.140. The molecule has 0 aliphatic carbocycles. The summed E-state index contributed by atoms with van der Waals surface area (Å²) in [6, 6.07) is 19.8. The quantitative estimate of drug-likeness (QED) is 0.127. The molecule has 0 radical (unpaired) electrons. The lowest BCUT2D eigenvalue weighted by Crippen LogP contribution is -2.46. The van der Waals surface area contributed by atoms with Crippen molar-refractivity contribution in [2.24, 2.45) is 5.92 Å². The molecule has 3 atom stereocenters. The Balaban J connectivity index is 1.27. The maximum Gasteiger partial charge on any atom is 0.305 e. The van der Waals surface area contributed by atoms with E-state index in [1.165, 1.54) is 16.7 Å². The summed E-state index contributed by atoms with van der Waals surface area (Å²) >= 11 is 0. The normalized spacial score (nSPS) is 19.5. The van der Waals surface area contributed by atoms with Crippen molar-refractivity contribution in [3.63, 3.8) is 0 Å². The van der Waals surface area contributed by atoms with E-state index < -0.39 is 17.4 Å². The summed E-state index contributed by atoms with van der Waals surface area (Å²) < 4.78 is 6.13. The number of aliphatic hydroxyl groups is 2. The molecule has 0 unspecified atom stereocenters. The molecule has 3 heterocycles.